The molecule has 1 aromatic carbocycles. The number of pyridine rings is 1. The quantitative estimate of drug-likeness (QED) is 0.835. The maximum Gasteiger partial charge on any atom is 0.219 e. The first-order chi connectivity index (χ1) is 10.0. The summed E-state index contributed by atoms with van der Waals surface area (Å²) in [7, 11) is 0. The Morgan fingerprint density at radius 2 is 2.14 bits per heavy atom. The molecular weight excluding hydrogens is 286 g/mol. The van der Waals surface area contributed by atoms with E-state index in [0.29, 0.717) is 24.7 Å². The van der Waals surface area contributed by atoms with E-state index in [9.17, 15) is 4.79 Å². The van der Waals surface area contributed by atoms with Crippen molar-refractivity contribution in [3.8, 4) is 0 Å². The van der Waals surface area contributed by atoms with Crippen LogP contribution in [0.4, 0.5) is 5.69 Å². The van der Waals surface area contributed by atoms with Gasteiger partial charge in [0.05, 0.1) is 0 Å². The smallest absolute Gasteiger partial charge is 0.219 e. The number of carbonyl (C=O) groups is 1. The van der Waals surface area contributed by atoms with Crippen LogP contribution in [0.1, 0.15) is 17.5 Å². The van der Waals surface area contributed by atoms with Crippen LogP contribution in [-0.4, -0.2) is 17.4 Å². The predicted molar refractivity (Wildman–Crippen MR) is 85.3 cm³/mol. The van der Waals surface area contributed by atoms with Crippen molar-refractivity contribution >= 4 is 23.2 Å². The Bertz CT molecular complexity index is 613. The van der Waals surface area contributed by atoms with Crippen LogP contribution in [-0.2, 0) is 11.3 Å². The molecule has 21 heavy (non-hydrogen) atoms. The van der Waals surface area contributed by atoms with Crippen molar-refractivity contribution in [2.75, 3.05) is 11.4 Å². The molecule has 5 heteroatoms. The van der Waals surface area contributed by atoms with Crippen LogP contribution in [0.3, 0.4) is 0 Å². The van der Waals surface area contributed by atoms with Gasteiger partial charge in [-0.1, -0.05) is 29.8 Å². The molecule has 0 aliphatic rings. The largest absolute Gasteiger partial charge is 0.370 e. The molecule has 0 radical (unpaired) electrons. The number of aryl methyl sites for hydroxylation is 1. The molecule has 1 aromatic heterocycles. The molecule has 4 nitrogen and oxygen atoms in total. The van der Waals surface area contributed by atoms with E-state index >= 15 is 0 Å². The monoisotopic (exact) mass is 303 g/mol. The molecule has 0 aliphatic carbocycles. The SMILES string of the molecule is Cc1cccc(N(CCC(N)=O)Cc2ccc(Cl)nc2)c1. The van der Waals surface area contributed by atoms with Gasteiger partial charge in [-0.3, -0.25) is 4.79 Å². The number of hydrogen-bond donors (Lipinski definition) is 1. The molecule has 0 unspecified atom stereocenters. The molecule has 0 aliphatic heterocycles. The van der Waals surface area contributed by atoms with Gasteiger partial charge in [0.15, 0.2) is 0 Å². The molecule has 0 saturated carbocycles. The second-order valence-corrected chi connectivity index (χ2v) is 5.35. The zero-order chi connectivity index (χ0) is 15.2. The molecule has 0 saturated heterocycles. The molecule has 2 rings (SSSR count). The minimum absolute atomic E-state index is 0.304. The fourth-order valence-electron chi connectivity index (χ4n) is 2.09. The molecule has 2 aromatic rings. The van der Waals surface area contributed by atoms with E-state index in [1.165, 1.54) is 5.56 Å². The van der Waals surface area contributed by atoms with Crippen molar-refractivity contribution in [1.82, 2.24) is 4.98 Å². The van der Waals surface area contributed by atoms with Gasteiger partial charge in [0.2, 0.25) is 5.91 Å². The fourth-order valence-corrected chi connectivity index (χ4v) is 2.20. The summed E-state index contributed by atoms with van der Waals surface area (Å²) >= 11 is 5.80. The average molecular weight is 304 g/mol. The normalized spacial score (nSPS) is 10.4. The van der Waals surface area contributed by atoms with Crippen LogP contribution in [0.2, 0.25) is 5.15 Å². The number of aromatic nitrogens is 1. The van der Waals surface area contributed by atoms with E-state index in [4.69, 9.17) is 17.3 Å². The lowest BCUT2D eigenvalue weighted by atomic mass is 10.1. The van der Waals surface area contributed by atoms with Crippen molar-refractivity contribution in [3.05, 3.63) is 58.9 Å². The van der Waals surface area contributed by atoms with Gasteiger partial charge in [-0.15, -0.1) is 0 Å². The van der Waals surface area contributed by atoms with Gasteiger partial charge in [-0.05, 0) is 36.2 Å². The summed E-state index contributed by atoms with van der Waals surface area (Å²) in [6.07, 6.45) is 2.06. The highest BCUT2D eigenvalue weighted by Gasteiger charge is 2.09. The third kappa shape index (κ3) is 4.76. The first-order valence-electron chi connectivity index (χ1n) is 6.75. The highest BCUT2D eigenvalue weighted by molar-refractivity contribution is 6.29. The van der Waals surface area contributed by atoms with Gasteiger partial charge >= 0.3 is 0 Å². The Labute approximate surface area is 129 Å². The molecule has 0 bridgehead atoms. The summed E-state index contributed by atoms with van der Waals surface area (Å²) in [6.45, 7) is 3.27. The maximum atomic E-state index is 11.1. The van der Waals surface area contributed by atoms with Gasteiger partial charge in [0, 0.05) is 31.4 Å². The molecule has 0 spiro atoms. The van der Waals surface area contributed by atoms with Gasteiger partial charge < -0.3 is 10.6 Å². The van der Waals surface area contributed by atoms with Crippen molar-refractivity contribution in [2.24, 2.45) is 5.73 Å². The van der Waals surface area contributed by atoms with Crippen molar-refractivity contribution < 1.29 is 4.79 Å². The Morgan fingerprint density at radius 1 is 1.33 bits per heavy atom. The van der Waals surface area contributed by atoms with E-state index in [1.807, 2.05) is 31.2 Å². The standard InChI is InChI=1S/C16H18ClN3O/c1-12-3-2-4-14(9-12)20(8-7-16(18)21)11-13-5-6-15(17)19-10-13/h2-6,9-10H,7-8,11H2,1H3,(H2,18,21). The number of carbonyl (C=O) groups excluding carboxylic acids is 1. The second-order valence-electron chi connectivity index (χ2n) is 4.97. The van der Waals surface area contributed by atoms with E-state index < -0.39 is 0 Å². The van der Waals surface area contributed by atoms with E-state index in [0.717, 1.165) is 11.3 Å². The number of rotatable bonds is 6. The van der Waals surface area contributed by atoms with Crippen molar-refractivity contribution in [3.63, 3.8) is 0 Å². The number of primary amides is 1. The molecule has 0 atom stereocenters. The zero-order valence-electron chi connectivity index (χ0n) is 11.9. The van der Waals surface area contributed by atoms with Crippen LogP contribution in [0.15, 0.2) is 42.6 Å². The molecular formula is C16H18ClN3O. The van der Waals surface area contributed by atoms with Gasteiger partial charge in [-0.25, -0.2) is 4.98 Å². The Balaban J connectivity index is 2.19. The summed E-state index contributed by atoms with van der Waals surface area (Å²) in [5.41, 5.74) is 8.53. The summed E-state index contributed by atoms with van der Waals surface area (Å²) < 4.78 is 0. The van der Waals surface area contributed by atoms with E-state index in [2.05, 4.69) is 16.0 Å². The Kier molecular flexibility index (Phi) is 5.17. The van der Waals surface area contributed by atoms with Crippen LogP contribution in [0.5, 0.6) is 0 Å². The number of halogens is 1. The lowest BCUT2D eigenvalue weighted by Crippen LogP contribution is -2.27. The minimum atomic E-state index is -0.304. The topological polar surface area (TPSA) is 59.2 Å². The zero-order valence-corrected chi connectivity index (χ0v) is 12.7. The number of hydrogen-bond acceptors (Lipinski definition) is 3. The third-order valence-corrected chi connectivity index (χ3v) is 3.38. The molecule has 0 fully saturated rings. The summed E-state index contributed by atoms with van der Waals surface area (Å²) in [6, 6.07) is 11.9. The minimum Gasteiger partial charge on any atom is -0.370 e. The summed E-state index contributed by atoms with van der Waals surface area (Å²) in [5, 5.41) is 0.470. The van der Waals surface area contributed by atoms with Crippen molar-refractivity contribution in [1.29, 1.82) is 0 Å². The van der Waals surface area contributed by atoms with Crippen LogP contribution in [0.25, 0.3) is 0 Å². The maximum absolute atomic E-state index is 11.1. The predicted octanol–water partition coefficient (Wildman–Crippen LogP) is 2.93. The first kappa shape index (κ1) is 15.3. The average Bonchev–Trinajstić information content (AvgIpc) is 2.45. The van der Waals surface area contributed by atoms with Crippen LogP contribution in [0, 0.1) is 6.92 Å². The van der Waals surface area contributed by atoms with Gasteiger partial charge in [-0.2, -0.15) is 0 Å². The number of nitrogens with two attached hydrogens (primary N) is 1. The van der Waals surface area contributed by atoms with Gasteiger partial charge in [0.25, 0.3) is 0 Å². The van der Waals surface area contributed by atoms with Crippen molar-refractivity contribution in [2.45, 2.75) is 19.9 Å². The molecule has 1 amide bonds. The first-order valence-corrected chi connectivity index (χ1v) is 7.13. The molecule has 1 heterocycles. The number of benzene rings is 1. The number of amides is 1. The molecule has 110 valence electrons. The summed E-state index contributed by atoms with van der Waals surface area (Å²) in [4.78, 5) is 17.3. The van der Waals surface area contributed by atoms with Gasteiger partial charge in [0.1, 0.15) is 5.15 Å². The highest BCUT2D eigenvalue weighted by Crippen LogP contribution is 2.19. The van der Waals surface area contributed by atoms with E-state index in [-0.39, 0.29) is 5.91 Å². The lowest BCUT2D eigenvalue weighted by molar-refractivity contribution is -0.117. The van der Waals surface area contributed by atoms with Crippen LogP contribution < -0.4 is 10.6 Å². The number of anilines is 1. The second kappa shape index (κ2) is 7.09. The Hall–Kier alpha value is -2.07. The molecule has 2 N–H and O–H groups in total. The highest BCUT2D eigenvalue weighted by atomic mass is 35.5. The fraction of sp³-hybridized carbons (Fsp3) is 0.250. The number of nitrogens with zero attached hydrogens (tertiary/aromatic N) is 2. The van der Waals surface area contributed by atoms with Crippen LogP contribution >= 0.6 is 11.6 Å². The Morgan fingerprint density at radius 3 is 2.76 bits per heavy atom. The van der Waals surface area contributed by atoms with E-state index in [1.54, 1.807) is 12.3 Å². The lowest BCUT2D eigenvalue weighted by Gasteiger charge is -2.24. The third-order valence-electron chi connectivity index (χ3n) is 3.16. The summed E-state index contributed by atoms with van der Waals surface area (Å²) in [5.74, 6) is -0.304.